The first-order chi connectivity index (χ1) is 19.5. The largest absolute Gasteiger partial charge is 0.354 e. The summed E-state index contributed by atoms with van der Waals surface area (Å²) in [5, 5.41) is 3.54. The Balaban J connectivity index is 2.07. The molecule has 220 valence electrons. The van der Waals surface area contributed by atoms with Gasteiger partial charge in [0.1, 0.15) is 18.4 Å². The van der Waals surface area contributed by atoms with Crippen molar-refractivity contribution in [1.82, 2.24) is 10.2 Å². The second kappa shape index (κ2) is 14.7. The molecule has 41 heavy (non-hydrogen) atoms. The van der Waals surface area contributed by atoms with E-state index in [0.717, 1.165) is 28.8 Å². The van der Waals surface area contributed by atoms with Crippen LogP contribution in [0.2, 0.25) is 10.0 Å². The van der Waals surface area contributed by atoms with Crippen molar-refractivity contribution in [2.75, 3.05) is 17.4 Å². The van der Waals surface area contributed by atoms with Gasteiger partial charge in [0.05, 0.1) is 10.6 Å². The number of anilines is 1. The molecule has 0 heterocycles. The molecule has 3 aromatic carbocycles. The van der Waals surface area contributed by atoms with E-state index >= 15 is 4.39 Å². The molecule has 1 N–H and O–H groups in total. The Morgan fingerprint density at radius 1 is 1.00 bits per heavy atom. The number of benzene rings is 3. The summed E-state index contributed by atoms with van der Waals surface area (Å²) in [6.45, 7) is 5.15. The molecule has 0 bridgehead atoms. The molecule has 0 aliphatic heterocycles. The second-order valence-electron chi connectivity index (χ2n) is 9.60. The number of carbonyl (C=O) groups is 2. The number of amides is 2. The number of hydrogen-bond donors (Lipinski definition) is 1. The van der Waals surface area contributed by atoms with E-state index in [4.69, 9.17) is 23.2 Å². The van der Waals surface area contributed by atoms with E-state index in [1.54, 1.807) is 31.2 Å². The summed E-state index contributed by atoms with van der Waals surface area (Å²) in [6, 6.07) is 15.2. The number of unbranched alkanes of at least 4 members (excludes halogenated alkanes) is 1. The molecule has 0 fully saturated rings. The van der Waals surface area contributed by atoms with Gasteiger partial charge in [0, 0.05) is 23.1 Å². The highest BCUT2D eigenvalue weighted by Gasteiger charge is 2.34. The van der Waals surface area contributed by atoms with E-state index in [9.17, 15) is 18.0 Å². The zero-order valence-corrected chi connectivity index (χ0v) is 25.6. The van der Waals surface area contributed by atoms with Crippen LogP contribution < -0.4 is 9.62 Å². The van der Waals surface area contributed by atoms with Crippen molar-refractivity contribution in [3.05, 3.63) is 93.7 Å². The van der Waals surface area contributed by atoms with Crippen molar-refractivity contribution in [2.45, 2.75) is 57.5 Å². The van der Waals surface area contributed by atoms with Crippen LogP contribution in [0.3, 0.4) is 0 Å². The van der Waals surface area contributed by atoms with Gasteiger partial charge >= 0.3 is 0 Å². The monoisotopic (exact) mass is 621 g/mol. The van der Waals surface area contributed by atoms with Crippen LogP contribution in [0.25, 0.3) is 0 Å². The van der Waals surface area contributed by atoms with Crippen molar-refractivity contribution in [1.29, 1.82) is 0 Å². The molecule has 0 saturated heterocycles. The number of aryl methyl sites for hydroxylation is 1. The fraction of sp³-hybridized carbons (Fsp3) is 0.333. The van der Waals surface area contributed by atoms with Gasteiger partial charge < -0.3 is 10.2 Å². The summed E-state index contributed by atoms with van der Waals surface area (Å²) in [7, 11) is -4.38. The van der Waals surface area contributed by atoms with Crippen LogP contribution in [0.1, 0.15) is 44.2 Å². The van der Waals surface area contributed by atoms with Gasteiger partial charge in [-0.2, -0.15) is 0 Å². The molecular weight excluding hydrogens is 588 g/mol. The maximum Gasteiger partial charge on any atom is 0.264 e. The Morgan fingerprint density at radius 2 is 1.68 bits per heavy atom. The van der Waals surface area contributed by atoms with Crippen molar-refractivity contribution in [3.8, 4) is 0 Å². The third-order valence-electron chi connectivity index (χ3n) is 6.58. The van der Waals surface area contributed by atoms with Crippen LogP contribution in [0.15, 0.2) is 71.6 Å². The first kappa shape index (κ1) is 32.4. The van der Waals surface area contributed by atoms with Crippen LogP contribution in [0.4, 0.5) is 10.1 Å². The van der Waals surface area contributed by atoms with Crippen LogP contribution in [0, 0.1) is 12.7 Å². The van der Waals surface area contributed by atoms with Crippen molar-refractivity contribution >= 4 is 50.7 Å². The Kier molecular flexibility index (Phi) is 11.6. The van der Waals surface area contributed by atoms with Crippen LogP contribution in [-0.4, -0.2) is 44.3 Å². The van der Waals surface area contributed by atoms with Gasteiger partial charge in [0.15, 0.2) is 0 Å². The third-order valence-corrected chi connectivity index (χ3v) is 8.94. The number of sulfonamides is 1. The summed E-state index contributed by atoms with van der Waals surface area (Å²) in [6.07, 6.45) is 1.88. The minimum atomic E-state index is -4.38. The SMILES string of the molecule is CCCCNC(=O)[C@H](CC)N(Cc1ccc(Cl)cc1Cl)C(=O)CN(c1ccccc1F)S(=O)(=O)c1ccc(C)cc1. The lowest BCUT2D eigenvalue weighted by Crippen LogP contribution is -2.52. The first-order valence-corrected chi connectivity index (χ1v) is 15.5. The van der Waals surface area contributed by atoms with Crippen molar-refractivity contribution in [2.24, 2.45) is 0 Å². The highest BCUT2D eigenvalue weighted by atomic mass is 35.5. The van der Waals surface area contributed by atoms with Crippen LogP contribution >= 0.6 is 23.2 Å². The quantitative estimate of drug-likeness (QED) is 0.225. The Bertz CT molecular complexity index is 1470. The lowest BCUT2D eigenvalue weighted by Gasteiger charge is -2.33. The smallest absolute Gasteiger partial charge is 0.264 e. The third kappa shape index (κ3) is 8.21. The van der Waals surface area contributed by atoms with E-state index in [0.29, 0.717) is 17.1 Å². The molecule has 3 aromatic rings. The molecule has 0 saturated carbocycles. The van der Waals surface area contributed by atoms with Crippen LogP contribution in [-0.2, 0) is 26.2 Å². The van der Waals surface area contributed by atoms with Gasteiger partial charge in [-0.05, 0) is 61.7 Å². The predicted molar refractivity (Wildman–Crippen MR) is 161 cm³/mol. The average molecular weight is 623 g/mol. The molecule has 3 rings (SSSR count). The fourth-order valence-corrected chi connectivity index (χ4v) is 6.15. The number of carbonyl (C=O) groups excluding carboxylic acids is 2. The summed E-state index contributed by atoms with van der Waals surface area (Å²) in [5.74, 6) is -1.89. The van der Waals surface area contributed by atoms with Gasteiger partial charge in [-0.3, -0.25) is 13.9 Å². The second-order valence-corrected chi connectivity index (χ2v) is 12.3. The minimum Gasteiger partial charge on any atom is -0.354 e. The standard InChI is InChI=1S/C30H34Cl2FN3O4S/c1-4-6-17-34-30(38)27(5-2)35(19-22-13-14-23(31)18-25(22)32)29(37)20-36(28-10-8-7-9-26(28)33)41(39,40)24-15-11-21(3)12-16-24/h7-16,18,27H,4-6,17,19-20H2,1-3H3,(H,34,38)/t27-/m0/s1. The van der Waals surface area contributed by atoms with E-state index in [-0.39, 0.29) is 34.5 Å². The fourth-order valence-electron chi connectivity index (χ4n) is 4.26. The van der Waals surface area contributed by atoms with E-state index < -0.39 is 34.3 Å². The normalized spacial score (nSPS) is 12.0. The topological polar surface area (TPSA) is 86.8 Å². The highest BCUT2D eigenvalue weighted by molar-refractivity contribution is 7.92. The minimum absolute atomic E-state index is 0.0930. The Labute approximate surface area is 251 Å². The average Bonchev–Trinajstić information content (AvgIpc) is 2.93. The zero-order valence-electron chi connectivity index (χ0n) is 23.2. The van der Waals surface area contributed by atoms with Gasteiger partial charge in [-0.1, -0.05) is 79.4 Å². The van der Waals surface area contributed by atoms with Gasteiger partial charge in [0.2, 0.25) is 11.8 Å². The summed E-state index contributed by atoms with van der Waals surface area (Å²) < 4.78 is 43.4. The molecule has 2 amide bonds. The summed E-state index contributed by atoms with van der Waals surface area (Å²) >= 11 is 12.5. The lowest BCUT2D eigenvalue weighted by molar-refractivity contribution is -0.140. The molecule has 0 unspecified atom stereocenters. The Hall–Kier alpha value is -3.14. The molecule has 0 aliphatic carbocycles. The van der Waals surface area contributed by atoms with Gasteiger partial charge in [-0.25, -0.2) is 12.8 Å². The number of hydrogen-bond acceptors (Lipinski definition) is 4. The number of para-hydroxylation sites is 1. The van der Waals surface area contributed by atoms with Crippen molar-refractivity contribution < 1.29 is 22.4 Å². The van der Waals surface area contributed by atoms with Crippen molar-refractivity contribution in [3.63, 3.8) is 0 Å². The molecular formula is C30H34Cl2FN3O4S. The van der Waals surface area contributed by atoms with E-state index in [1.165, 1.54) is 41.3 Å². The zero-order chi connectivity index (χ0) is 30.2. The summed E-state index contributed by atoms with van der Waals surface area (Å²) in [4.78, 5) is 28.5. The number of nitrogens with one attached hydrogen (secondary N) is 1. The Morgan fingerprint density at radius 3 is 2.29 bits per heavy atom. The molecule has 0 aromatic heterocycles. The lowest BCUT2D eigenvalue weighted by atomic mass is 10.1. The van der Waals surface area contributed by atoms with Crippen LogP contribution in [0.5, 0.6) is 0 Å². The molecule has 1 atom stereocenters. The number of nitrogens with zero attached hydrogens (tertiary/aromatic N) is 2. The number of halogens is 3. The molecule has 7 nitrogen and oxygen atoms in total. The molecule has 11 heteroatoms. The maximum atomic E-state index is 15.0. The van der Waals surface area contributed by atoms with Gasteiger partial charge in [0.25, 0.3) is 10.0 Å². The highest BCUT2D eigenvalue weighted by Crippen LogP contribution is 2.28. The molecule has 0 spiro atoms. The predicted octanol–water partition coefficient (Wildman–Crippen LogP) is 6.36. The first-order valence-electron chi connectivity index (χ1n) is 13.3. The molecule has 0 radical (unpaired) electrons. The van der Waals surface area contributed by atoms with E-state index in [2.05, 4.69) is 5.32 Å². The summed E-state index contributed by atoms with van der Waals surface area (Å²) in [5.41, 5.74) is 1.07. The number of rotatable bonds is 13. The maximum absolute atomic E-state index is 15.0. The van der Waals surface area contributed by atoms with E-state index in [1.807, 2.05) is 13.8 Å². The van der Waals surface area contributed by atoms with Gasteiger partial charge in [-0.15, -0.1) is 0 Å². The molecule has 0 aliphatic rings.